The summed E-state index contributed by atoms with van der Waals surface area (Å²) in [5.41, 5.74) is 6.54. The summed E-state index contributed by atoms with van der Waals surface area (Å²) in [5.74, 6) is 0. The topological polar surface area (TPSA) is 49.3 Å². The number of pyridine rings is 1. The largest absolute Gasteiger partial charge is 0.331 e. The van der Waals surface area contributed by atoms with Crippen molar-refractivity contribution in [2.45, 2.75) is 13.8 Å². The normalized spacial score (nSPS) is 11.0. The molecule has 2 aromatic rings. The first kappa shape index (κ1) is 14.1. The molecule has 1 aromatic heterocycles. The average Bonchev–Trinajstić information content (AvgIpc) is 2.48. The zero-order valence-corrected chi connectivity index (χ0v) is 12.2. The van der Waals surface area contributed by atoms with Gasteiger partial charge in [-0.3, -0.25) is 10.4 Å². The van der Waals surface area contributed by atoms with E-state index in [-0.39, 0.29) is 0 Å². The maximum atomic E-state index is 5.19. The second-order valence-electron chi connectivity index (χ2n) is 4.34. The van der Waals surface area contributed by atoms with E-state index in [1.807, 2.05) is 56.3 Å². The molecule has 0 fully saturated rings. The molecule has 1 heterocycles. The Hall–Kier alpha value is -2.27. The summed E-state index contributed by atoms with van der Waals surface area (Å²) >= 11 is 5.19. The molecule has 4 nitrogen and oxygen atoms in total. The van der Waals surface area contributed by atoms with E-state index in [2.05, 4.69) is 20.8 Å². The Kier molecular flexibility index (Phi) is 4.79. The van der Waals surface area contributed by atoms with Gasteiger partial charge >= 0.3 is 0 Å². The Bertz CT molecular complexity index is 606. The molecule has 0 unspecified atom stereocenters. The van der Waals surface area contributed by atoms with Gasteiger partial charge in [0, 0.05) is 11.9 Å². The minimum absolute atomic E-state index is 0.448. The zero-order chi connectivity index (χ0) is 14.4. The van der Waals surface area contributed by atoms with Crippen molar-refractivity contribution in [3.63, 3.8) is 0 Å². The highest BCUT2D eigenvalue weighted by Gasteiger charge is 1.99. The van der Waals surface area contributed by atoms with Gasteiger partial charge < -0.3 is 5.32 Å². The molecule has 5 heteroatoms. The molecule has 0 saturated carbocycles. The molecule has 2 rings (SSSR count). The molecule has 0 aliphatic rings. The van der Waals surface area contributed by atoms with Gasteiger partial charge in [-0.1, -0.05) is 23.8 Å². The Labute approximate surface area is 123 Å². The molecule has 0 bridgehead atoms. The number of rotatable bonds is 3. The third kappa shape index (κ3) is 4.13. The molecule has 20 heavy (non-hydrogen) atoms. The number of nitrogens with zero attached hydrogens (tertiary/aromatic N) is 2. The summed E-state index contributed by atoms with van der Waals surface area (Å²) in [4.78, 5) is 4.22. The van der Waals surface area contributed by atoms with Gasteiger partial charge in [-0.25, -0.2) is 0 Å². The van der Waals surface area contributed by atoms with E-state index in [9.17, 15) is 0 Å². The lowest BCUT2D eigenvalue weighted by atomic mass is 10.2. The second kappa shape index (κ2) is 6.77. The van der Waals surface area contributed by atoms with Gasteiger partial charge in [0.15, 0.2) is 5.11 Å². The first-order chi connectivity index (χ1) is 9.65. The van der Waals surface area contributed by atoms with Crippen molar-refractivity contribution in [2.24, 2.45) is 5.10 Å². The van der Waals surface area contributed by atoms with E-state index in [4.69, 9.17) is 12.2 Å². The van der Waals surface area contributed by atoms with Crippen molar-refractivity contribution in [3.8, 4) is 0 Å². The van der Waals surface area contributed by atoms with Crippen molar-refractivity contribution in [3.05, 3.63) is 59.9 Å². The van der Waals surface area contributed by atoms with Crippen molar-refractivity contribution in [2.75, 3.05) is 5.32 Å². The Morgan fingerprint density at radius 1 is 1.15 bits per heavy atom. The van der Waals surface area contributed by atoms with E-state index < -0.39 is 0 Å². The quantitative estimate of drug-likeness (QED) is 0.516. The van der Waals surface area contributed by atoms with E-state index in [1.54, 1.807) is 6.20 Å². The minimum atomic E-state index is 0.448. The molecule has 2 N–H and O–H groups in total. The number of hydrogen-bond donors (Lipinski definition) is 2. The predicted octanol–water partition coefficient (Wildman–Crippen LogP) is 3.10. The summed E-state index contributed by atoms with van der Waals surface area (Å²) in [5, 5.41) is 7.73. The molecule has 0 aliphatic heterocycles. The van der Waals surface area contributed by atoms with E-state index in [1.165, 1.54) is 5.56 Å². The van der Waals surface area contributed by atoms with Gasteiger partial charge in [-0.2, -0.15) is 5.10 Å². The SMILES string of the molecule is CC(=NNC(=S)Nc1ccc(C)cc1)c1ccccn1. The lowest BCUT2D eigenvalue weighted by Crippen LogP contribution is -2.25. The highest BCUT2D eigenvalue weighted by molar-refractivity contribution is 7.80. The summed E-state index contributed by atoms with van der Waals surface area (Å²) in [6, 6.07) is 13.7. The third-order valence-corrected chi connectivity index (χ3v) is 2.86. The Morgan fingerprint density at radius 2 is 1.90 bits per heavy atom. The van der Waals surface area contributed by atoms with E-state index in [0.29, 0.717) is 5.11 Å². The number of thiocarbonyl (C=S) groups is 1. The number of hydrogen-bond acceptors (Lipinski definition) is 3. The van der Waals surface area contributed by atoms with Gasteiger partial charge in [0.05, 0.1) is 11.4 Å². The van der Waals surface area contributed by atoms with Gasteiger partial charge in [0.1, 0.15) is 0 Å². The molecule has 0 amide bonds. The van der Waals surface area contributed by atoms with Gasteiger partial charge in [-0.05, 0) is 50.3 Å². The number of anilines is 1. The van der Waals surface area contributed by atoms with Crippen molar-refractivity contribution >= 4 is 28.7 Å². The monoisotopic (exact) mass is 284 g/mol. The summed E-state index contributed by atoms with van der Waals surface area (Å²) < 4.78 is 0. The second-order valence-corrected chi connectivity index (χ2v) is 4.75. The van der Waals surface area contributed by atoms with Crippen molar-refractivity contribution in [1.82, 2.24) is 10.4 Å². The molecule has 0 saturated heterocycles. The first-order valence-electron chi connectivity index (χ1n) is 6.24. The van der Waals surface area contributed by atoms with Crippen LogP contribution < -0.4 is 10.7 Å². The maximum absolute atomic E-state index is 5.19. The minimum Gasteiger partial charge on any atom is -0.331 e. The van der Waals surface area contributed by atoms with Crippen LogP contribution in [0.25, 0.3) is 0 Å². The molecule has 0 aliphatic carbocycles. The van der Waals surface area contributed by atoms with Crippen LogP contribution in [-0.4, -0.2) is 15.8 Å². The molecule has 0 spiro atoms. The fourth-order valence-corrected chi connectivity index (χ4v) is 1.73. The van der Waals surface area contributed by atoms with Gasteiger partial charge in [0.25, 0.3) is 0 Å². The van der Waals surface area contributed by atoms with Crippen LogP contribution in [0.4, 0.5) is 5.69 Å². The van der Waals surface area contributed by atoms with Crippen LogP contribution in [0.2, 0.25) is 0 Å². The van der Waals surface area contributed by atoms with E-state index >= 15 is 0 Å². The first-order valence-corrected chi connectivity index (χ1v) is 6.65. The summed E-state index contributed by atoms with van der Waals surface area (Å²) in [6.07, 6.45) is 1.73. The average molecular weight is 284 g/mol. The van der Waals surface area contributed by atoms with E-state index in [0.717, 1.165) is 17.1 Å². The molecule has 1 aromatic carbocycles. The lowest BCUT2D eigenvalue weighted by Gasteiger charge is -2.08. The predicted molar refractivity (Wildman–Crippen MR) is 87.0 cm³/mol. The number of aromatic nitrogens is 1. The highest BCUT2D eigenvalue weighted by atomic mass is 32.1. The summed E-state index contributed by atoms with van der Waals surface area (Å²) in [6.45, 7) is 3.92. The standard InChI is InChI=1S/C15H16N4S/c1-11-6-8-13(9-7-11)17-15(20)19-18-12(2)14-5-3-4-10-16-14/h3-10H,1-2H3,(H2,17,19,20). The molecular weight excluding hydrogens is 268 g/mol. The number of nitrogens with one attached hydrogen (secondary N) is 2. The number of aryl methyl sites for hydroxylation is 1. The van der Waals surface area contributed by atoms with Crippen LogP contribution in [0.1, 0.15) is 18.2 Å². The summed E-state index contributed by atoms with van der Waals surface area (Å²) in [7, 11) is 0. The van der Waals surface area contributed by atoms with Crippen LogP contribution in [0.15, 0.2) is 53.8 Å². The van der Waals surface area contributed by atoms with Crippen LogP contribution in [0, 0.1) is 6.92 Å². The Balaban J connectivity index is 1.93. The molecular formula is C15H16N4S. The Morgan fingerprint density at radius 3 is 2.55 bits per heavy atom. The third-order valence-electron chi connectivity index (χ3n) is 2.67. The maximum Gasteiger partial charge on any atom is 0.191 e. The highest BCUT2D eigenvalue weighted by Crippen LogP contribution is 2.08. The van der Waals surface area contributed by atoms with Gasteiger partial charge in [-0.15, -0.1) is 0 Å². The number of benzene rings is 1. The van der Waals surface area contributed by atoms with Crippen LogP contribution >= 0.6 is 12.2 Å². The zero-order valence-electron chi connectivity index (χ0n) is 11.4. The van der Waals surface area contributed by atoms with Crippen LogP contribution in [0.3, 0.4) is 0 Å². The van der Waals surface area contributed by atoms with Crippen molar-refractivity contribution < 1.29 is 0 Å². The van der Waals surface area contributed by atoms with Crippen LogP contribution in [-0.2, 0) is 0 Å². The fourth-order valence-electron chi connectivity index (χ4n) is 1.56. The van der Waals surface area contributed by atoms with Gasteiger partial charge in [0.2, 0.25) is 0 Å². The van der Waals surface area contributed by atoms with Crippen molar-refractivity contribution in [1.29, 1.82) is 0 Å². The molecule has 0 radical (unpaired) electrons. The molecule has 0 atom stereocenters. The fraction of sp³-hybridized carbons (Fsp3) is 0.133. The van der Waals surface area contributed by atoms with Crippen LogP contribution in [0.5, 0.6) is 0 Å². The molecule has 102 valence electrons. The smallest absolute Gasteiger partial charge is 0.191 e. The lowest BCUT2D eigenvalue weighted by molar-refractivity contribution is 1.03. The number of hydrazone groups is 1.